The first-order valence-electron chi connectivity index (χ1n) is 10.4. The Bertz CT molecular complexity index is 831. The second-order valence-electron chi connectivity index (χ2n) is 8.13. The smallest absolute Gasteiger partial charge is 1.00 e. The number of benzene rings is 1. The third-order valence-electron chi connectivity index (χ3n) is 6.04. The predicted octanol–water partition coefficient (Wildman–Crippen LogP) is 0.402. The quantitative estimate of drug-likeness (QED) is 0.321. The predicted molar refractivity (Wildman–Crippen MR) is 112 cm³/mol. The summed E-state index contributed by atoms with van der Waals surface area (Å²) in [6, 6.07) is 6.01. The van der Waals surface area contributed by atoms with Crippen LogP contribution in [0.15, 0.2) is 30.4 Å². The van der Waals surface area contributed by atoms with Crippen molar-refractivity contribution in [3.8, 4) is 17.6 Å². The van der Waals surface area contributed by atoms with Crippen LogP contribution in [0.5, 0.6) is 5.75 Å². The second kappa shape index (κ2) is 11.4. The van der Waals surface area contributed by atoms with Gasteiger partial charge in [0.2, 0.25) is 0 Å². The molecule has 3 N–H and O–H groups in total. The molecule has 1 aliphatic heterocycles. The molecule has 2 aliphatic rings. The first kappa shape index (κ1) is 25.0. The van der Waals surface area contributed by atoms with Gasteiger partial charge in [0.15, 0.2) is 0 Å². The number of carboxylic acid groups (broad SMARTS) is 1. The molecule has 1 fully saturated rings. The molecule has 1 heterocycles. The molecule has 1 aromatic rings. The van der Waals surface area contributed by atoms with Gasteiger partial charge in [-0.3, -0.25) is 4.79 Å². The normalized spacial score (nSPS) is 26.0. The van der Waals surface area contributed by atoms with Crippen LogP contribution in [0, 0.1) is 23.7 Å². The Morgan fingerprint density at radius 3 is 2.90 bits per heavy atom. The Morgan fingerprint density at radius 2 is 2.20 bits per heavy atom. The molecule has 30 heavy (non-hydrogen) atoms. The van der Waals surface area contributed by atoms with E-state index in [1.54, 1.807) is 13.0 Å². The molecular formula is C24H31NaO5. The van der Waals surface area contributed by atoms with Crippen molar-refractivity contribution in [3.05, 3.63) is 41.5 Å². The zero-order valence-corrected chi connectivity index (χ0v) is 20.0. The summed E-state index contributed by atoms with van der Waals surface area (Å²) in [5, 5.41) is 29.9. The van der Waals surface area contributed by atoms with Crippen molar-refractivity contribution in [1.29, 1.82) is 0 Å². The van der Waals surface area contributed by atoms with Gasteiger partial charge in [-0.15, -0.1) is 11.8 Å². The van der Waals surface area contributed by atoms with Crippen LogP contribution >= 0.6 is 0 Å². The maximum absolute atomic E-state index is 10.8. The van der Waals surface area contributed by atoms with Crippen molar-refractivity contribution in [1.82, 2.24) is 0 Å². The summed E-state index contributed by atoms with van der Waals surface area (Å²) in [6.45, 7) is 3.75. The van der Waals surface area contributed by atoms with E-state index >= 15 is 0 Å². The number of aliphatic carboxylic acids is 1. The van der Waals surface area contributed by atoms with E-state index in [1.165, 1.54) is 0 Å². The van der Waals surface area contributed by atoms with Gasteiger partial charge < -0.3 is 21.5 Å². The fourth-order valence-corrected chi connectivity index (χ4v) is 4.41. The van der Waals surface area contributed by atoms with E-state index < -0.39 is 18.2 Å². The first-order chi connectivity index (χ1) is 13.9. The minimum atomic E-state index is -0.790. The fourth-order valence-electron chi connectivity index (χ4n) is 4.41. The molecule has 0 bridgehead atoms. The summed E-state index contributed by atoms with van der Waals surface area (Å²) in [4.78, 5) is 10.8. The Labute approximate surface area is 202 Å². The number of aliphatic hydroxyl groups is 2. The largest absolute Gasteiger partial charge is 1.00 e. The van der Waals surface area contributed by atoms with Crippen LogP contribution in [-0.4, -0.2) is 39.6 Å². The Kier molecular flexibility index (Phi) is 9.46. The van der Waals surface area contributed by atoms with Crippen molar-refractivity contribution in [3.63, 3.8) is 0 Å². The number of hydrogen-bond acceptors (Lipinski definition) is 4. The van der Waals surface area contributed by atoms with Crippen molar-refractivity contribution >= 4 is 5.97 Å². The number of rotatable bonds is 8. The number of carbonyl (C=O) groups is 1. The third-order valence-corrected chi connectivity index (χ3v) is 6.04. The van der Waals surface area contributed by atoms with Crippen molar-refractivity contribution < 1.29 is 55.8 Å². The number of para-hydroxylation sites is 1. The van der Waals surface area contributed by atoms with Crippen LogP contribution in [0.3, 0.4) is 0 Å². The summed E-state index contributed by atoms with van der Waals surface area (Å²) in [6.07, 6.45) is 5.07. The fraction of sp³-hybridized carbons (Fsp3) is 0.542. The van der Waals surface area contributed by atoms with Crippen LogP contribution in [0.4, 0.5) is 0 Å². The molecule has 0 saturated heterocycles. The molecule has 158 valence electrons. The summed E-state index contributed by atoms with van der Waals surface area (Å²) in [7, 11) is 0. The Morgan fingerprint density at radius 1 is 1.43 bits per heavy atom. The summed E-state index contributed by atoms with van der Waals surface area (Å²) in [5.41, 5.74) is 2.11. The Hall–Kier alpha value is -1.29. The number of fused-ring (bicyclic) bond motifs is 3. The van der Waals surface area contributed by atoms with Crippen molar-refractivity contribution in [2.75, 3.05) is 0 Å². The third kappa shape index (κ3) is 5.69. The van der Waals surface area contributed by atoms with Gasteiger partial charge in [0, 0.05) is 36.7 Å². The van der Waals surface area contributed by atoms with Crippen LogP contribution in [0.2, 0.25) is 0 Å². The minimum Gasteiger partial charge on any atom is -1.00 e. The number of carboxylic acids is 1. The molecule has 1 aliphatic carbocycles. The summed E-state index contributed by atoms with van der Waals surface area (Å²) >= 11 is 0. The van der Waals surface area contributed by atoms with Crippen LogP contribution in [0.25, 0.3) is 0 Å². The average molecular weight is 422 g/mol. The monoisotopic (exact) mass is 422 g/mol. The molecule has 6 atom stereocenters. The van der Waals surface area contributed by atoms with Gasteiger partial charge in [-0.25, -0.2) is 0 Å². The van der Waals surface area contributed by atoms with E-state index in [1.807, 2.05) is 31.2 Å². The standard InChI is InChI=1S/C24H30O5.Na.H/c1-3-4-7-15(2)19(25)13-12-17-20(26)14-21-23(17)18-10-5-8-16(24(18)29-21)9-6-11-22(27)28;;/h5,8,10,12-13,15,17,19-21,23,25-26H,6-7,9,11,14H2,1-2H3,(H,27,28);;/q;+1;-1/b13-12+;;/t15?,17-,19+,20+,21-,23-;;/m0../s1. The summed E-state index contributed by atoms with van der Waals surface area (Å²) < 4.78 is 6.21. The van der Waals surface area contributed by atoms with E-state index in [0.29, 0.717) is 25.7 Å². The molecule has 6 heteroatoms. The molecule has 0 spiro atoms. The molecule has 5 nitrogen and oxygen atoms in total. The van der Waals surface area contributed by atoms with E-state index in [2.05, 4.69) is 11.8 Å². The summed E-state index contributed by atoms with van der Waals surface area (Å²) in [5.74, 6) is 5.87. The topological polar surface area (TPSA) is 87.0 Å². The van der Waals surface area contributed by atoms with Gasteiger partial charge in [0.1, 0.15) is 11.9 Å². The van der Waals surface area contributed by atoms with Gasteiger partial charge in [-0.05, 0) is 31.2 Å². The molecule has 1 aromatic carbocycles. The molecule has 0 aromatic heterocycles. The second-order valence-corrected chi connectivity index (χ2v) is 8.13. The van der Waals surface area contributed by atoms with Crippen LogP contribution in [-0.2, 0) is 11.2 Å². The van der Waals surface area contributed by atoms with E-state index in [-0.39, 0.29) is 61.3 Å². The SMILES string of the molecule is CC#CCC(C)[C@H](O)/C=C/[C@@H]1[C@H]2c3cccc(CCCC(=O)O)c3O[C@H]2C[C@H]1O.[H-].[Na+]. The number of ether oxygens (including phenoxy) is 1. The van der Waals surface area contributed by atoms with E-state index in [4.69, 9.17) is 9.84 Å². The Balaban J connectivity index is 0.00000240. The van der Waals surface area contributed by atoms with Gasteiger partial charge in [-0.1, -0.05) is 37.3 Å². The number of hydrogen-bond donors (Lipinski definition) is 3. The first-order valence-corrected chi connectivity index (χ1v) is 10.4. The minimum absolute atomic E-state index is 0. The van der Waals surface area contributed by atoms with E-state index in [0.717, 1.165) is 16.9 Å². The molecular weight excluding hydrogens is 391 g/mol. The van der Waals surface area contributed by atoms with Crippen LogP contribution in [0.1, 0.15) is 58.0 Å². The number of aryl methyl sites for hydroxylation is 1. The zero-order chi connectivity index (χ0) is 21.0. The molecule has 1 saturated carbocycles. The van der Waals surface area contributed by atoms with Crippen molar-refractivity contribution in [2.45, 2.75) is 70.2 Å². The molecule has 1 unspecified atom stereocenters. The molecule has 0 amide bonds. The molecule has 0 radical (unpaired) electrons. The molecule has 3 rings (SSSR count). The zero-order valence-electron chi connectivity index (χ0n) is 19.0. The van der Waals surface area contributed by atoms with Gasteiger partial charge in [0.05, 0.1) is 12.2 Å². The van der Waals surface area contributed by atoms with Crippen LogP contribution < -0.4 is 34.3 Å². The average Bonchev–Trinajstić information content (AvgIpc) is 3.19. The van der Waals surface area contributed by atoms with Gasteiger partial charge in [-0.2, -0.15) is 0 Å². The van der Waals surface area contributed by atoms with E-state index in [9.17, 15) is 15.0 Å². The van der Waals surface area contributed by atoms with Crippen molar-refractivity contribution in [2.24, 2.45) is 11.8 Å². The number of aliphatic hydroxyl groups excluding tert-OH is 2. The maximum Gasteiger partial charge on any atom is 1.00 e. The van der Waals surface area contributed by atoms with Gasteiger partial charge in [0.25, 0.3) is 0 Å². The van der Waals surface area contributed by atoms with Gasteiger partial charge >= 0.3 is 35.5 Å². The maximum atomic E-state index is 10.8.